The molecule has 2 amide bonds. The van der Waals surface area contributed by atoms with E-state index in [-0.39, 0.29) is 10.7 Å². The minimum atomic E-state index is -4.68. The van der Waals surface area contributed by atoms with Gasteiger partial charge in [0.05, 0.1) is 22.5 Å². The summed E-state index contributed by atoms with van der Waals surface area (Å²) in [6, 6.07) is 2.44. The minimum absolute atomic E-state index is 0.257. The second-order valence-corrected chi connectivity index (χ2v) is 6.25. The minimum Gasteiger partial charge on any atom is -0.481 e. The number of aryl methyl sites for hydroxylation is 2. The molecular weight excluding hydrogens is 349 g/mol. The lowest BCUT2D eigenvalue weighted by atomic mass is 9.96. The molecule has 1 aromatic rings. The normalized spacial score (nSPS) is 21.0. The van der Waals surface area contributed by atoms with Gasteiger partial charge in [0.2, 0.25) is 0 Å². The Kier molecular flexibility index (Phi) is 4.98. The number of urea groups is 1. The van der Waals surface area contributed by atoms with Crippen molar-refractivity contribution in [3.63, 3.8) is 0 Å². The van der Waals surface area contributed by atoms with Gasteiger partial charge in [-0.05, 0) is 37.1 Å². The second kappa shape index (κ2) is 6.51. The highest BCUT2D eigenvalue weighted by Crippen LogP contribution is 2.38. The predicted octanol–water partition coefficient (Wildman–Crippen LogP) is 3.68. The molecule has 9 heteroatoms. The van der Waals surface area contributed by atoms with E-state index in [0.29, 0.717) is 0 Å². The molecule has 2 N–H and O–H groups in total. The van der Waals surface area contributed by atoms with Crippen molar-refractivity contribution < 1.29 is 27.9 Å². The molecule has 0 spiro atoms. The van der Waals surface area contributed by atoms with Crippen molar-refractivity contribution in [1.29, 1.82) is 0 Å². The number of carbonyl (C=O) groups is 2. The van der Waals surface area contributed by atoms with Crippen molar-refractivity contribution in [2.24, 2.45) is 11.8 Å². The molecule has 1 fully saturated rings. The molecule has 0 saturated carbocycles. The van der Waals surface area contributed by atoms with Gasteiger partial charge in [-0.25, -0.2) is 4.79 Å². The van der Waals surface area contributed by atoms with E-state index in [1.807, 2.05) is 6.92 Å². The third-order valence-corrected chi connectivity index (χ3v) is 4.48. The highest BCUT2D eigenvalue weighted by atomic mass is 35.5. The smallest absolute Gasteiger partial charge is 0.394 e. The Morgan fingerprint density at radius 2 is 1.83 bits per heavy atom. The molecule has 1 aliphatic heterocycles. The van der Waals surface area contributed by atoms with Crippen molar-refractivity contribution in [2.45, 2.75) is 20.0 Å². The van der Waals surface area contributed by atoms with Crippen LogP contribution in [0.25, 0.3) is 0 Å². The number of hydrogen-bond donors (Lipinski definition) is 2. The number of carboxylic acids is 1. The molecule has 2 atom stereocenters. The molecule has 1 aromatic carbocycles. The lowest BCUT2D eigenvalue weighted by Gasteiger charge is -2.19. The molecule has 1 heterocycles. The van der Waals surface area contributed by atoms with E-state index >= 15 is 0 Å². The number of halogens is 4. The molecular formula is C15H16ClF3N2O3. The molecule has 5 nitrogen and oxygen atoms in total. The van der Waals surface area contributed by atoms with Crippen molar-refractivity contribution in [2.75, 3.05) is 18.4 Å². The van der Waals surface area contributed by atoms with Crippen molar-refractivity contribution in [1.82, 2.24) is 4.90 Å². The number of nitrogens with zero attached hydrogens (tertiary/aromatic N) is 1. The summed E-state index contributed by atoms with van der Waals surface area (Å²) < 4.78 is 38.9. The Morgan fingerprint density at radius 1 is 1.25 bits per heavy atom. The lowest BCUT2D eigenvalue weighted by molar-refractivity contribution is -0.187. The third-order valence-electron chi connectivity index (χ3n) is 4.17. The number of anilines is 1. The van der Waals surface area contributed by atoms with Gasteiger partial charge in [0.25, 0.3) is 0 Å². The van der Waals surface area contributed by atoms with Gasteiger partial charge in [0, 0.05) is 13.1 Å². The summed E-state index contributed by atoms with van der Waals surface area (Å²) in [6.07, 6.45) is -4.68. The first-order chi connectivity index (χ1) is 11.0. The van der Waals surface area contributed by atoms with Crippen LogP contribution in [-0.4, -0.2) is 41.3 Å². The average molecular weight is 365 g/mol. The predicted molar refractivity (Wildman–Crippen MR) is 82.2 cm³/mol. The summed E-state index contributed by atoms with van der Waals surface area (Å²) in [7, 11) is 0. The maximum atomic E-state index is 13.0. The van der Waals surface area contributed by atoms with Crippen molar-refractivity contribution >= 4 is 29.3 Å². The topological polar surface area (TPSA) is 69.6 Å². The maximum absolute atomic E-state index is 13.0. The van der Waals surface area contributed by atoms with E-state index in [0.717, 1.165) is 16.0 Å². The van der Waals surface area contributed by atoms with E-state index in [4.69, 9.17) is 16.7 Å². The Morgan fingerprint density at radius 3 is 2.33 bits per heavy atom. The van der Waals surface area contributed by atoms with Gasteiger partial charge in [0.1, 0.15) is 0 Å². The fourth-order valence-electron chi connectivity index (χ4n) is 2.62. The first kappa shape index (κ1) is 18.4. The molecule has 0 bridgehead atoms. The first-order valence-corrected chi connectivity index (χ1v) is 7.50. The number of rotatable bonds is 2. The van der Waals surface area contributed by atoms with Crippen LogP contribution < -0.4 is 5.32 Å². The maximum Gasteiger partial charge on any atom is 0.394 e. The van der Waals surface area contributed by atoms with Crippen molar-refractivity contribution in [3.05, 3.63) is 28.3 Å². The van der Waals surface area contributed by atoms with E-state index in [1.54, 1.807) is 19.1 Å². The molecule has 0 aliphatic carbocycles. The van der Waals surface area contributed by atoms with E-state index < -0.39 is 43.1 Å². The highest BCUT2D eigenvalue weighted by molar-refractivity contribution is 6.33. The van der Waals surface area contributed by atoms with Crippen molar-refractivity contribution in [3.8, 4) is 0 Å². The Hall–Kier alpha value is -1.96. The fourth-order valence-corrected chi connectivity index (χ4v) is 2.89. The zero-order valence-electron chi connectivity index (χ0n) is 12.9. The lowest BCUT2D eigenvalue weighted by Crippen LogP contribution is -2.35. The zero-order chi connectivity index (χ0) is 18.2. The number of alkyl halides is 3. The summed E-state index contributed by atoms with van der Waals surface area (Å²) in [5.41, 5.74) is 2.03. The summed E-state index contributed by atoms with van der Waals surface area (Å²) >= 11 is 6.03. The molecule has 0 unspecified atom stereocenters. The molecule has 1 saturated heterocycles. The monoisotopic (exact) mass is 364 g/mol. The van der Waals surface area contributed by atoms with Crippen LogP contribution in [0.5, 0.6) is 0 Å². The van der Waals surface area contributed by atoms with Gasteiger partial charge < -0.3 is 15.3 Å². The molecule has 24 heavy (non-hydrogen) atoms. The number of likely N-dealkylation sites (tertiary alicyclic amines) is 1. The van der Waals surface area contributed by atoms with E-state index in [1.165, 1.54) is 0 Å². The fraction of sp³-hybridized carbons (Fsp3) is 0.467. The van der Waals surface area contributed by atoms with Crippen LogP contribution in [0.15, 0.2) is 12.1 Å². The summed E-state index contributed by atoms with van der Waals surface area (Å²) in [5, 5.41) is 11.7. The van der Waals surface area contributed by atoms with Crippen LogP contribution in [0.4, 0.5) is 23.7 Å². The van der Waals surface area contributed by atoms with Crippen LogP contribution in [0, 0.1) is 25.7 Å². The van der Waals surface area contributed by atoms with Crippen LogP contribution in [0.2, 0.25) is 5.02 Å². The molecule has 0 radical (unpaired) electrons. The molecule has 2 rings (SSSR count). The second-order valence-electron chi connectivity index (χ2n) is 5.84. The molecule has 0 aromatic heterocycles. The standard InChI is InChI=1S/C15H16ClF3N2O3/c1-7-3-11(16)12(4-8(7)2)20-14(24)21-5-9(13(22)23)10(6-21)15(17,18)19/h3-4,9-10H,5-6H2,1-2H3,(H,20,24)(H,22,23)/t9-,10-/m1/s1. The van der Waals surface area contributed by atoms with Crippen LogP contribution in [-0.2, 0) is 4.79 Å². The Bertz CT molecular complexity index is 679. The van der Waals surface area contributed by atoms with Crippen LogP contribution >= 0.6 is 11.6 Å². The number of benzene rings is 1. The first-order valence-electron chi connectivity index (χ1n) is 7.13. The number of carbonyl (C=O) groups excluding carboxylic acids is 1. The van der Waals surface area contributed by atoms with Crippen LogP contribution in [0.3, 0.4) is 0 Å². The number of nitrogens with one attached hydrogen (secondary N) is 1. The number of aliphatic carboxylic acids is 1. The number of hydrogen-bond acceptors (Lipinski definition) is 2. The summed E-state index contributed by atoms with van der Waals surface area (Å²) in [5.74, 6) is -5.33. The Balaban J connectivity index is 2.16. The van der Waals surface area contributed by atoms with Gasteiger partial charge in [-0.1, -0.05) is 11.6 Å². The SMILES string of the molecule is Cc1cc(Cl)c(NC(=O)N2C[C@@H](C(F)(F)F)[C@H](C(=O)O)C2)cc1C. The summed E-state index contributed by atoms with van der Waals surface area (Å²) in [4.78, 5) is 24.1. The zero-order valence-corrected chi connectivity index (χ0v) is 13.7. The number of carboxylic acid groups (broad SMARTS) is 1. The average Bonchev–Trinajstić information content (AvgIpc) is 2.90. The van der Waals surface area contributed by atoms with Gasteiger partial charge in [-0.2, -0.15) is 13.2 Å². The van der Waals surface area contributed by atoms with Gasteiger partial charge >= 0.3 is 18.2 Å². The molecule has 1 aliphatic rings. The third kappa shape index (κ3) is 3.75. The quantitative estimate of drug-likeness (QED) is 0.841. The summed E-state index contributed by atoms with van der Waals surface area (Å²) in [6.45, 7) is 2.43. The largest absolute Gasteiger partial charge is 0.481 e. The highest BCUT2D eigenvalue weighted by Gasteiger charge is 2.53. The Labute approximate surface area is 141 Å². The van der Waals surface area contributed by atoms with Gasteiger partial charge in [0.15, 0.2) is 0 Å². The van der Waals surface area contributed by atoms with E-state index in [2.05, 4.69) is 5.32 Å². The van der Waals surface area contributed by atoms with Gasteiger partial charge in [-0.3, -0.25) is 4.79 Å². The molecule has 132 valence electrons. The van der Waals surface area contributed by atoms with E-state index in [9.17, 15) is 22.8 Å². The number of amides is 2. The van der Waals surface area contributed by atoms with Crippen LogP contribution in [0.1, 0.15) is 11.1 Å². The van der Waals surface area contributed by atoms with Gasteiger partial charge in [-0.15, -0.1) is 0 Å².